The normalized spacial score (nSPS) is 18.6. The molecular formula is C23H26N4O3S. The lowest BCUT2D eigenvalue weighted by Gasteiger charge is -2.44. The molecule has 1 aliphatic rings. The average Bonchev–Trinajstić information content (AvgIpc) is 3.36. The van der Waals surface area contributed by atoms with Gasteiger partial charge in [0, 0.05) is 17.3 Å². The molecule has 0 saturated carbocycles. The molecule has 0 fully saturated rings. The smallest absolute Gasteiger partial charge is 0.277 e. The highest BCUT2D eigenvalue weighted by Gasteiger charge is 2.49. The first-order chi connectivity index (χ1) is 14.6. The number of nitrogens with one attached hydrogen (secondary N) is 1. The van der Waals surface area contributed by atoms with Gasteiger partial charge in [-0.1, -0.05) is 12.1 Å². The number of carbonyl (C=O) groups is 2. The lowest BCUT2D eigenvalue weighted by Crippen LogP contribution is -2.66. The van der Waals surface area contributed by atoms with E-state index in [0.717, 1.165) is 10.6 Å². The summed E-state index contributed by atoms with van der Waals surface area (Å²) in [6.07, 6.45) is 0. The minimum absolute atomic E-state index is 0.235. The fraction of sp³-hybridized carbons (Fsp3) is 0.348. The van der Waals surface area contributed by atoms with E-state index < -0.39 is 11.1 Å². The van der Waals surface area contributed by atoms with E-state index in [-0.39, 0.29) is 18.4 Å². The second-order valence-corrected chi connectivity index (χ2v) is 9.82. The summed E-state index contributed by atoms with van der Waals surface area (Å²) in [6, 6.07) is 12.9. The van der Waals surface area contributed by atoms with Crippen molar-refractivity contribution in [3.63, 3.8) is 0 Å². The molecule has 31 heavy (non-hydrogen) atoms. The first kappa shape index (κ1) is 21.1. The number of aromatic nitrogens is 2. The molecule has 1 aliphatic heterocycles. The van der Waals surface area contributed by atoms with Gasteiger partial charge in [-0.05, 0) is 57.3 Å². The number of fused-ring (bicyclic) bond motifs is 1. The van der Waals surface area contributed by atoms with Crippen molar-refractivity contribution >= 4 is 28.8 Å². The number of nitrogens with zero attached hydrogens (tertiary/aromatic N) is 3. The monoisotopic (exact) mass is 438 g/mol. The number of ether oxygens (including phenoxy) is 1. The van der Waals surface area contributed by atoms with E-state index >= 15 is 0 Å². The summed E-state index contributed by atoms with van der Waals surface area (Å²) < 4.78 is 7.01. The second-order valence-electron chi connectivity index (χ2n) is 8.87. The molecule has 8 heteroatoms. The third-order valence-electron chi connectivity index (χ3n) is 5.22. The fourth-order valence-corrected chi connectivity index (χ4v) is 4.44. The van der Waals surface area contributed by atoms with Gasteiger partial charge in [0.2, 0.25) is 5.91 Å². The van der Waals surface area contributed by atoms with Crippen LogP contribution in [0.15, 0.2) is 47.8 Å². The molecule has 0 unspecified atom stereocenters. The number of methoxy groups -OCH3 is 1. The molecule has 0 radical (unpaired) electrons. The highest BCUT2D eigenvalue weighted by Crippen LogP contribution is 2.36. The summed E-state index contributed by atoms with van der Waals surface area (Å²) in [4.78, 5) is 29.8. The van der Waals surface area contributed by atoms with Gasteiger partial charge in [0.15, 0.2) is 0 Å². The zero-order valence-electron chi connectivity index (χ0n) is 18.3. The zero-order chi connectivity index (χ0) is 22.4. The molecule has 2 aromatic heterocycles. The maximum Gasteiger partial charge on any atom is 0.277 e. The molecule has 0 saturated heterocycles. The van der Waals surface area contributed by atoms with Crippen LogP contribution < -0.4 is 15.0 Å². The molecule has 3 heterocycles. The van der Waals surface area contributed by atoms with Crippen molar-refractivity contribution in [1.29, 1.82) is 0 Å². The van der Waals surface area contributed by atoms with Crippen LogP contribution in [0.4, 0.5) is 5.69 Å². The molecule has 4 rings (SSSR count). The maximum atomic E-state index is 13.7. The Bertz CT molecular complexity index is 1130. The third kappa shape index (κ3) is 3.83. The van der Waals surface area contributed by atoms with Crippen LogP contribution in [0.3, 0.4) is 0 Å². The van der Waals surface area contributed by atoms with Gasteiger partial charge in [0.1, 0.15) is 22.7 Å². The van der Waals surface area contributed by atoms with Gasteiger partial charge in [0.25, 0.3) is 5.91 Å². The summed E-state index contributed by atoms with van der Waals surface area (Å²) in [5.41, 5.74) is 0.149. The van der Waals surface area contributed by atoms with Crippen LogP contribution in [-0.2, 0) is 11.3 Å². The molecule has 1 aromatic carbocycles. The van der Waals surface area contributed by atoms with Crippen LogP contribution in [0.2, 0.25) is 0 Å². The van der Waals surface area contributed by atoms with E-state index in [1.807, 2.05) is 56.5 Å². The average molecular weight is 439 g/mol. The molecule has 0 spiro atoms. The van der Waals surface area contributed by atoms with Crippen molar-refractivity contribution in [2.75, 3.05) is 12.0 Å². The van der Waals surface area contributed by atoms with E-state index in [4.69, 9.17) is 4.74 Å². The Balaban J connectivity index is 1.85. The number of rotatable bonds is 4. The minimum Gasteiger partial charge on any atom is -0.497 e. The Hall–Kier alpha value is -3.13. The van der Waals surface area contributed by atoms with Gasteiger partial charge >= 0.3 is 0 Å². The molecule has 2 amide bonds. The van der Waals surface area contributed by atoms with Gasteiger partial charge in [-0.3, -0.25) is 19.2 Å². The lowest BCUT2D eigenvalue weighted by molar-refractivity contribution is -0.128. The number of anilines is 1. The number of hydrogen-bond acceptors (Lipinski definition) is 5. The SMILES string of the molecule is COc1cccc(N2C(=O)c3cc(-c4cccs4)nn3C[C@@]2(C)C(=O)NC(C)(C)C)c1. The molecular weight excluding hydrogens is 412 g/mol. The fourth-order valence-electron chi connectivity index (χ4n) is 3.76. The van der Waals surface area contributed by atoms with Crippen molar-refractivity contribution in [1.82, 2.24) is 15.1 Å². The Labute approximate surface area is 185 Å². The summed E-state index contributed by atoms with van der Waals surface area (Å²) >= 11 is 1.56. The van der Waals surface area contributed by atoms with E-state index in [1.165, 1.54) is 0 Å². The number of amides is 2. The van der Waals surface area contributed by atoms with Crippen LogP contribution in [0.1, 0.15) is 38.2 Å². The number of carbonyl (C=O) groups excluding carboxylic acids is 2. The van der Waals surface area contributed by atoms with Gasteiger partial charge in [-0.15, -0.1) is 11.3 Å². The van der Waals surface area contributed by atoms with Crippen molar-refractivity contribution in [3.05, 3.63) is 53.5 Å². The molecule has 3 aromatic rings. The van der Waals surface area contributed by atoms with Crippen molar-refractivity contribution in [2.24, 2.45) is 0 Å². The predicted molar refractivity (Wildman–Crippen MR) is 122 cm³/mol. The first-order valence-electron chi connectivity index (χ1n) is 10.1. The Morgan fingerprint density at radius 2 is 2.00 bits per heavy atom. The van der Waals surface area contributed by atoms with E-state index in [1.54, 1.807) is 47.1 Å². The van der Waals surface area contributed by atoms with Gasteiger partial charge in [0.05, 0.1) is 18.5 Å². The van der Waals surface area contributed by atoms with Crippen LogP contribution in [0.5, 0.6) is 5.75 Å². The number of hydrogen-bond donors (Lipinski definition) is 1. The molecule has 7 nitrogen and oxygen atoms in total. The molecule has 162 valence electrons. The Kier molecular flexibility index (Phi) is 5.13. The molecule has 0 bridgehead atoms. The Morgan fingerprint density at radius 3 is 2.65 bits per heavy atom. The Morgan fingerprint density at radius 1 is 1.23 bits per heavy atom. The molecule has 1 atom stereocenters. The lowest BCUT2D eigenvalue weighted by atomic mass is 9.92. The predicted octanol–water partition coefficient (Wildman–Crippen LogP) is 3.95. The highest BCUT2D eigenvalue weighted by molar-refractivity contribution is 7.13. The van der Waals surface area contributed by atoms with Crippen molar-refractivity contribution < 1.29 is 14.3 Å². The van der Waals surface area contributed by atoms with Crippen molar-refractivity contribution in [2.45, 2.75) is 45.3 Å². The second kappa shape index (κ2) is 7.53. The molecule has 1 N–H and O–H groups in total. The summed E-state index contributed by atoms with van der Waals surface area (Å²) in [5, 5.41) is 9.67. The zero-order valence-corrected chi connectivity index (χ0v) is 19.1. The van der Waals surface area contributed by atoms with Crippen LogP contribution in [-0.4, -0.2) is 39.8 Å². The van der Waals surface area contributed by atoms with E-state index in [9.17, 15) is 9.59 Å². The quantitative estimate of drug-likeness (QED) is 0.669. The van der Waals surface area contributed by atoms with E-state index in [0.29, 0.717) is 17.1 Å². The maximum absolute atomic E-state index is 13.7. The van der Waals surface area contributed by atoms with Crippen LogP contribution >= 0.6 is 11.3 Å². The minimum atomic E-state index is -1.18. The standard InChI is InChI=1S/C23H26N4O3S/c1-22(2,3)24-21(29)23(4)14-26-18(13-17(25-26)19-10-7-11-31-19)20(28)27(23)15-8-6-9-16(12-15)30-5/h6-13H,14H2,1-5H3,(H,24,29)/t23-/m0/s1. The van der Waals surface area contributed by atoms with E-state index in [2.05, 4.69) is 10.4 Å². The number of benzene rings is 1. The summed E-state index contributed by atoms with van der Waals surface area (Å²) in [5.74, 6) is 0.0959. The summed E-state index contributed by atoms with van der Waals surface area (Å²) in [6.45, 7) is 7.77. The van der Waals surface area contributed by atoms with Crippen LogP contribution in [0, 0.1) is 0 Å². The van der Waals surface area contributed by atoms with Crippen LogP contribution in [0.25, 0.3) is 10.6 Å². The van der Waals surface area contributed by atoms with Gasteiger partial charge in [-0.2, -0.15) is 5.10 Å². The number of thiophene rings is 1. The van der Waals surface area contributed by atoms with Crippen molar-refractivity contribution in [3.8, 4) is 16.3 Å². The third-order valence-corrected chi connectivity index (χ3v) is 6.11. The highest BCUT2D eigenvalue weighted by atomic mass is 32.1. The largest absolute Gasteiger partial charge is 0.497 e. The topological polar surface area (TPSA) is 76.5 Å². The molecule has 0 aliphatic carbocycles. The first-order valence-corrected chi connectivity index (χ1v) is 10.9. The summed E-state index contributed by atoms with van der Waals surface area (Å²) in [7, 11) is 1.57. The van der Waals surface area contributed by atoms with Gasteiger partial charge in [-0.25, -0.2) is 0 Å². The van der Waals surface area contributed by atoms with Gasteiger partial charge < -0.3 is 10.1 Å².